The molecule has 0 aromatic heterocycles. The number of nitrogens with one attached hydrogen (secondary N) is 1. The van der Waals surface area contributed by atoms with Gasteiger partial charge in [0.15, 0.2) is 0 Å². The largest absolute Gasteiger partial charge is 0.392 e. The maximum absolute atomic E-state index is 12.4. The third kappa shape index (κ3) is 4.26. The van der Waals surface area contributed by atoms with E-state index in [0.717, 1.165) is 19.6 Å². The van der Waals surface area contributed by atoms with Crippen LogP contribution >= 0.6 is 15.9 Å². The summed E-state index contributed by atoms with van der Waals surface area (Å²) in [6.45, 7) is 4.80. The number of likely N-dealkylation sites (tertiary alicyclic amines) is 1. The van der Waals surface area contributed by atoms with E-state index in [1.54, 1.807) is 13.0 Å². The van der Waals surface area contributed by atoms with Gasteiger partial charge in [-0.15, -0.1) is 0 Å². The molecule has 118 valence electrons. The molecule has 0 radical (unpaired) electrons. The number of halogens is 1. The zero-order valence-electron chi connectivity index (χ0n) is 12.1. The molecule has 2 rings (SSSR count). The van der Waals surface area contributed by atoms with Crippen molar-refractivity contribution in [3.8, 4) is 0 Å². The zero-order chi connectivity index (χ0) is 15.5. The third-order valence-electron chi connectivity index (χ3n) is 3.75. The van der Waals surface area contributed by atoms with E-state index in [1.807, 2.05) is 0 Å². The van der Waals surface area contributed by atoms with Gasteiger partial charge in [-0.3, -0.25) is 0 Å². The minimum absolute atomic E-state index is 0.185. The highest BCUT2D eigenvalue weighted by Crippen LogP contribution is 2.25. The molecule has 21 heavy (non-hydrogen) atoms. The first-order chi connectivity index (χ1) is 9.94. The fourth-order valence-electron chi connectivity index (χ4n) is 2.50. The lowest BCUT2D eigenvalue weighted by Gasteiger charge is -2.16. The second-order valence-electron chi connectivity index (χ2n) is 5.31. The molecular formula is C14H21BrN2O3S. The minimum atomic E-state index is -3.56. The molecule has 0 bridgehead atoms. The van der Waals surface area contributed by atoms with Crippen LogP contribution in [0.25, 0.3) is 0 Å². The molecule has 1 saturated heterocycles. The lowest BCUT2D eigenvalue weighted by atomic mass is 10.2. The van der Waals surface area contributed by atoms with Crippen molar-refractivity contribution in [1.82, 2.24) is 9.62 Å². The summed E-state index contributed by atoms with van der Waals surface area (Å²) in [4.78, 5) is 2.48. The first kappa shape index (κ1) is 16.9. The highest BCUT2D eigenvalue weighted by atomic mass is 79.9. The maximum atomic E-state index is 12.4. The normalized spacial score (nSPS) is 16.5. The number of hydrogen-bond acceptors (Lipinski definition) is 4. The SMILES string of the molecule is Cc1c(Br)cc(CO)cc1S(=O)(=O)NCCN1CCCC1. The van der Waals surface area contributed by atoms with Crippen LogP contribution < -0.4 is 4.72 Å². The van der Waals surface area contributed by atoms with Crippen LogP contribution in [0.1, 0.15) is 24.0 Å². The van der Waals surface area contributed by atoms with Gasteiger partial charge in [0.25, 0.3) is 0 Å². The van der Waals surface area contributed by atoms with E-state index in [2.05, 4.69) is 25.6 Å². The van der Waals surface area contributed by atoms with Gasteiger partial charge in [0, 0.05) is 17.6 Å². The summed E-state index contributed by atoms with van der Waals surface area (Å²) < 4.78 is 28.2. The predicted molar refractivity (Wildman–Crippen MR) is 85.7 cm³/mol. The van der Waals surface area contributed by atoms with Crippen molar-refractivity contribution in [2.24, 2.45) is 0 Å². The van der Waals surface area contributed by atoms with E-state index in [1.165, 1.54) is 18.9 Å². The highest BCUT2D eigenvalue weighted by Gasteiger charge is 2.20. The monoisotopic (exact) mass is 376 g/mol. The Morgan fingerprint density at radius 3 is 2.62 bits per heavy atom. The summed E-state index contributed by atoms with van der Waals surface area (Å²) in [6, 6.07) is 3.26. The summed E-state index contributed by atoms with van der Waals surface area (Å²) in [5.41, 5.74) is 1.23. The average molecular weight is 377 g/mol. The second-order valence-corrected chi connectivity index (χ2v) is 7.90. The van der Waals surface area contributed by atoms with E-state index in [-0.39, 0.29) is 11.5 Å². The summed E-state index contributed by atoms with van der Waals surface area (Å²) in [5.74, 6) is 0. The van der Waals surface area contributed by atoms with E-state index < -0.39 is 10.0 Å². The van der Waals surface area contributed by atoms with E-state index >= 15 is 0 Å². The summed E-state index contributed by atoms with van der Waals surface area (Å²) in [7, 11) is -3.56. The third-order valence-corrected chi connectivity index (χ3v) is 6.16. The van der Waals surface area contributed by atoms with Gasteiger partial charge in [0.05, 0.1) is 11.5 Å². The summed E-state index contributed by atoms with van der Waals surface area (Å²) in [5, 5.41) is 9.22. The molecule has 7 heteroatoms. The Labute approximate surface area is 134 Å². The zero-order valence-corrected chi connectivity index (χ0v) is 14.5. The molecule has 0 aliphatic carbocycles. The molecule has 1 heterocycles. The number of hydrogen-bond donors (Lipinski definition) is 2. The Morgan fingerprint density at radius 2 is 2.00 bits per heavy atom. The Hall–Kier alpha value is -0.470. The van der Waals surface area contributed by atoms with E-state index in [0.29, 0.717) is 22.1 Å². The Balaban J connectivity index is 2.09. The van der Waals surface area contributed by atoms with Gasteiger partial charge in [-0.25, -0.2) is 13.1 Å². The average Bonchev–Trinajstić information content (AvgIpc) is 2.94. The van der Waals surface area contributed by atoms with Gasteiger partial charge in [-0.2, -0.15) is 0 Å². The second kappa shape index (κ2) is 7.19. The lowest BCUT2D eigenvalue weighted by molar-refractivity contribution is 0.281. The lowest BCUT2D eigenvalue weighted by Crippen LogP contribution is -2.33. The first-order valence-corrected chi connectivity index (χ1v) is 9.33. The molecule has 0 amide bonds. The molecule has 2 N–H and O–H groups in total. The van der Waals surface area contributed by atoms with Crippen molar-refractivity contribution >= 4 is 26.0 Å². The van der Waals surface area contributed by atoms with Gasteiger partial charge < -0.3 is 10.0 Å². The molecule has 0 atom stereocenters. The molecule has 0 saturated carbocycles. The van der Waals surface area contributed by atoms with Gasteiger partial charge in [0.1, 0.15) is 0 Å². The van der Waals surface area contributed by atoms with E-state index in [4.69, 9.17) is 0 Å². The fraction of sp³-hybridized carbons (Fsp3) is 0.571. The summed E-state index contributed by atoms with van der Waals surface area (Å²) in [6.07, 6.45) is 2.38. The van der Waals surface area contributed by atoms with Crippen LogP contribution in [-0.4, -0.2) is 44.6 Å². The van der Waals surface area contributed by atoms with Gasteiger partial charge >= 0.3 is 0 Å². The minimum Gasteiger partial charge on any atom is -0.392 e. The van der Waals surface area contributed by atoms with Crippen molar-refractivity contribution in [3.63, 3.8) is 0 Å². The van der Waals surface area contributed by atoms with Gasteiger partial charge in [-0.1, -0.05) is 15.9 Å². The molecule has 1 aliphatic heterocycles. The van der Waals surface area contributed by atoms with Crippen LogP contribution in [0.3, 0.4) is 0 Å². The van der Waals surface area contributed by atoms with Crippen LogP contribution in [0.15, 0.2) is 21.5 Å². The van der Waals surface area contributed by atoms with Crippen molar-refractivity contribution in [1.29, 1.82) is 0 Å². The van der Waals surface area contributed by atoms with E-state index in [9.17, 15) is 13.5 Å². The van der Waals surface area contributed by atoms with Gasteiger partial charge in [-0.05, 0) is 56.1 Å². The molecule has 0 unspecified atom stereocenters. The predicted octanol–water partition coefficient (Wildman–Crippen LogP) is 1.62. The number of sulfonamides is 1. The van der Waals surface area contributed by atoms with Crippen molar-refractivity contribution in [3.05, 3.63) is 27.7 Å². The Kier molecular flexibility index (Phi) is 5.79. The van der Waals surface area contributed by atoms with Crippen LogP contribution in [0, 0.1) is 6.92 Å². The van der Waals surface area contributed by atoms with Gasteiger partial charge in [0.2, 0.25) is 10.0 Å². The van der Waals surface area contributed by atoms with Crippen molar-refractivity contribution < 1.29 is 13.5 Å². The Bertz CT molecular complexity index is 598. The maximum Gasteiger partial charge on any atom is 0.240 e. The van der Waals surface area contributed by atoms with Crippen LogP contribution in [0.5, 0.6) is 0 Å². The molecule has 1 aromatic rings. The molecule has 1 aromatic carbocycles. The van der Waals surface area contributed by atoms with Crippen LogP contribution in [-0.2, 0) is 16.6 Å². The fourth-order valence-corrected chi connectivity index (χ4v) is 4.47. The molecule has 1 aliphatic rings. The first-order valence-electron chi connectivity index (χ1n) is 7.06. The number of aliphatic hydroxyl groups is 1. The number of benzene rings is 1. The van der Waals surface area contributed by atoms with Crippen LogP contribution in [0.4, 0.5) is 0 Å². The molecular weight excluding hydrogens is 356 g/mol. The number of rotatable bonds is 6. The standard InChI is InChI=1S/C14H21BrN2O3S/c1-11-13(15)8-12(10-18)9-14(11)21(19,20)16-4-7-17-5-2-3-6-17/h8-9,16,18H,2-7,10H2,1H3. The number of nitrogens with zero attached hydrogens (tertiary/aromatic N) is 1. The molecule has 1 fully saturated rings. The quantitative estimate of drug-likeness (QED) is 0.791. The van der Waals surface area contributed by atoms with Crippen LogP contribution in [0.2, 0.25) is 0 Å². The molecule has 0 spiro atoms. The van der Waals surface area contributed by atoms with Crippen molar-refractivity contribution in [2.75, 3.05) is 26.2 Å². The highest BCUT2D eigenvalue weighted by molar-refractivity contribution is 9.10. The number of aliphatic hydroxyl groups excluding tert-OH is 1. The van der Waals surface area contributed by atoms with Crippen molar-refractivity contribution in [2.45, 2.75) is 31.3 Å². The molecule has 5 nitrogen and oxygen atoms in total. The Morgan fingerprint density at radius 1 is 1.33 bits per heavy atom. The smallest absolute Gasteiger partial charge is 0.240 e. The topological polar surface area (TPSA) is 69.6 Å². The summed E-state index contributed by atoms with van der Waals surface area (Å²) >= 11 is 3.34.